The Morgan fingerprint density at radius 1 is 1.17 bits per heavy atom. The largest absolute Gasteiger partial charge is 0.497 e. The van der Waals surface area contributed by atoms with Crippen molar-refractivity contribution in [3.05, 3.63) is 54.1 Å². The maximum absolute atomic E-state index is 13.0. The standard InChI is InChI=1S/C21H24N2O4S2/c1-15(2)13-29(25,26)14-20(24)23(12-16-7-5-4-6-8-16)21-22-18-10-9-17(27-3)11-19(18)28-21/h4-11,15H,12-14H2,1-3H3. The molecule has 0 radical (unpaired) electrons. The molecule has 0 saturated heterocycles. The fraction of sp³-hybridized carbons (Fsp3) is 0.333. The Labute approximate surface area is 175 Å². The molecule has 2 aromatic carbocycles. The summed E-state index contributed by atoms with van der Waals surface area (Å²) in [7, 11) is -1.91. The molecule has 1 heterocycles. The molecule has 0 aliphatic heterocycles. The van der Waals surface area contributed by atoms with Gasteiger partial charge in [-0.05, 0) is 29.7 Å². The average Bonchev–Trinajstić information content (AvgIpc) is 3.08. The van der Waals surface area contributed by atoms with E-state index < -0.39 is 21.5 Å². The van der Waals surface area contributed by atoms with E-state index in [0.29, 0.717) is 10.9 Å². The van der Waals surface area contributed by atoms with Gasteiger partial charge < -0.3 is 4.74 Å². The molecule has 3 rings (SSSR count). The first-order chi connectivity index (χ1) is 13.8. The van der Waals surface area contributed by atoms with Crippen LogP contribution < -0.4 is 9.64 Å². The maximum Gasteiger partial charge on any atom is 0.244 e. The Bertz CT molecular complexity index is 1090. The second-order valence-electron chi connectivity index (χ2n) is 7.24. The van der Waals surface area contributed by atoms with Gasteiger partial charge in [0.25, 0.3) is 0 Å². The van der Waals surface area contributed by atoms with Gasteiger partial charge in [-0.3, -0.25) is 9.69 Å². The number of methoxy groups -OCH3 is 1. The highest BCUT2D eigenvalue weighted by Crippen LogP contribution is 2.32. The van der Waals surface area contributed by atoms with Crippen molar-refractivity contribution in [1.29, 1.82) is 0 Å². The third-order valence-electron chi connectivity index (χ3n) is 4.23. The van der Waals surface area contributed by atoms with Gasteiger partial charge in [0.15, 0.2) is 15.0 Å². The minimum absolute atomic E-state index is 0.0189. The molecule has 6 nitrogen and oxygen atoms in total. The van der Waals surface area contributed by atoms with E-state index in [2.05, 4.69) is 4.98 Å². The number of hydrogen-bond acceptors (Lipinski definition) is 6. The number of thiazole rings is 1. The van der Waals surface area contributed by atoms with E-state index in [9.17, 15) is 13.2 Å². The van der Waals surface area contributed by atoms with Crippen LogP contribution >= 0.6 is 11.3 Å². The summed E-state index contributed by atoms with van der Waals surface area (Å²) in [6.07, 6.45) is 0. The monoisotopic (exact) mass is 432 g/mol. The number of anilines is 1. The summed E-state index contributed by atoms with van der Waals surface area (Å²) in [5.41, 5.74) is 1.64. The highest BCUT2D eigenvalue weighted by Gasteiger charge is 2.26. The van der Waals surface area contributed by atoms with Gasteiger partial charge in [-0.15, -0.1) is 0 Å². The molecule has 0 fully saturated rings. The fourth-order valence-electron chi connectivity index (χ4n) is 3.00. The number of hydrogen-bond donors (Lipinski definition) is 0. The lowest BCUT2D eigenvalue weighted by molar-refractivity contribution is -0.116. The number of carbonyl (C=O) groups is 1. The normalized spacial score (nSPS) is 11.7. The first kappa shape index (κ1) is 21.3. The van der Waals surface area contributed by atoms with E-state index in [4.69, 9.17) is 4.74 Å². The molecule has 154 valence electrons. The Hall–Kier alpha value is -2.45. The van der Waals surface area contributed by atoms with Crippen molar-refractivity contribution in [1.82, 2.24) is 4.98 Å². The molecule has 8 heteroatoms. The summed E-state index contributed by atoms with van der Waals surface area (Å²) in [5, 5.41) is 0.474. The van der Waals surface area contributed by atoms with Crippen molar-refractivity contribution in [2.24, 2.45) is 5.92 Å². The molecule has 0 N–H and O–H groups in total. The van der Waals surface area contributed by atoms with Gasteiger partial charge in [-0.2, -0.15) is 0 Å². The number of rotatable bonds is 8. The van der Waals surface area contributed by atoms with E-state index in [-0.39, 0.29) is 18.2 Å². The number of amides is 1. The van der Waals surface area contributed by atoms with Crippen molar-refractivity contribution in [3.8, 4) is 5.75 Å². The van der Waals surface area contributed by atoms with Gasteiger partial charge in [-0.1, -0.05) is 55.5 Å². The third-order valence-corrected chi connectivity index (χ3v) is 7.13. The predicted octanol–water partition coefficient (Wildman–Crippen LogP) is 3.91. The Morgan fingerprint density at radius 3 is 2.55 bits per heavy atom. The summed E-state index contributed by atoms with van der Waals surface area (Å²) < 4.78 is 31.0. The lowest BCUT2D eigenvalue weighted by Crippen LogP contribution is -2.36. The Balaban J connectivity index is 1.95. The van der Waals surface area contributed by atoms with Crippen molar-refractivity contribution < 1.29 is 17.9 Å². The zero-order chi connectivity index (χ0) is 21.0. The molecule has 0 unspecified atom stereocenters. The highest BCUT2D eigenvalue weighted by molar-refractivity contribution is 7.92. The van der Waals surface area contributed by atoms with Gasteiger partial charge in [0, 0.05) is 0 Å². The van der Waals surface area contributed by atoms with Gasteiger partial charge in [0.2, 0.25) is 5.91 Å². The van der Waals surface area contributed by atoms with Crippen LogP contribution in [0.3, 0.4) is 0 Å². The van der Waals surface area contributed by atoms with Crippen molar-refractivity contribution >= 4 is 42.4 Å². The molecule has 0 saturated carbocycles. The fourth-order valence-corrected chi connectivity index (χ4v) is 5.67. The van der Waals surface area contributed by atoms with Gasteiger partial charge in [-0.25, -0.2) is 13.4 Å². The molecule has 1 amide bonds. The van der Waals surface area contributed by atoms with Crippen molar-refractivity contribution in [2.75, 3.05) is 23.5 Å². The average molecular weight is 433 g/mol. The van der Waals surface area contributed by atoms with E-state index in [1.807, 2.05) is 62.4 Å². The second kappa shape index (κ2) is 8.92. The molecule has 0 spiro atoms. The maximum atomic E-state index is 13.0. The van der Waals surface area contributed by atoms with E-state index in [1.165, 1.54) is 16.2 Å². The molecule has 0 atom stereocenters. The summed E-state index contributed by atoms with van der Waals surface area (Å²) in [5.74, 6) is -0.356. The molecular weight excluding hydrogens is 408 g/mol. The molecular formula is C21H24N2O4S2. The summed E-state index contributed by atoms with van der Waals surface area (Å²) in [4.78, 5) is 19.1. The summed E-state index contributed by atoms with van der Waals surface area (Å²) in [6, 6.07) is 15.0. The Morgan fingerprint density at radius 2 is 1.90 bits per heavy atom. The number of fused-ring (bicyclic) bond motifs is 1. The number of aromatic nitrogens is 1. The first-order valence-corrected chi connectivity index (χ1v) is 11.9. The molecule has 0 aliphatic carbocycles. The van der Waals surface area contributed by atoms with Crippen LogP contribution in [-0.2, 0) is 21.2 Å². The number of nitrogens with zero attached hydrogens (tertiary/aromatic N) is 2. The SMILES string of the molecule is COc1ccc2nc(N(Cc3ccccc3)C(=O)CS(=O)(=O)CC(C)C)sc2c1. The highest BCUT2D eigenvalue weighted by atomic mass is 32.2. The van der Waals surface area contributed by atoms with E-state index in [0.717, 1.165) is 15.8 Å². The van der Waals surface area contributed by atoms with Crippen LogP contribution in [0.1, 0.15) is 19.4 Å². The van der Waals surface area contributed by atoms with Crippen LogP contribution in [0.2, 0.25) is 0 Å². The minimum Gasteiger partial charge on any atom is -0.497 e. The number of carbonyl (C=O) groups excluding carboxylic acids is 1. The smallest absolute Gasteiger partial charge is 0.244 e. The van der Waals surface area contributed by atoms with Crippen LogP contribution in [0.5, 0.6) is 5.75 Å². The lowest BCUT2D eigenvalue weighted by Gasteiger charge is -2.20. The third kappa shape index (κ3) is 5.55. The van der Waals surface area contributed by atoms with Crippen molar-refractivity contribution in [3.63, 3.8) is 0 Å². The van der Waals surface area contributed by atoms with E-state index in [1.54, 1.807) is 7.11 Å². The van der Waals surface area contributed by atoms with Crippen LogP contribution in [0.15, 0.2) is 48.5 Å². The lowest BCUT2D eigenvalue weighted by atomic mass is 10.2. The van der Waals surface area contributed by atoms with Crippen LogP contribution in [0.25, 0.3) is 10.2 Å². The number of benzene rings is 2. The molecule has 0 bridgehead atoms. The second-order valence-corrected chi connectivity index (χ2v) is 10.4. The zero-order valence-electron chi connectivity index (χ0n) is 16.7. The van der Waals surface area contributed by atoms with Gasteiger partial charge in [0.05, 0.1) is 29.6 Å². The topological polar surface area (TPSA) is 76.6 Å². The molecule has 3 aromatic rings. The van der Waals surface area contributed by atoms with Gasteiger partial charge >= 0.3 is 0 Å². The van der Waals surface area contributed by atoms with Gasteiger partial charge in [0.1, 0.15) is 11.5 Å². The zero-order valence-corrected chi connectivity index (χ0v) is 18.3. The number of sulfone groups is 1. The summed E-state index contributed by atoms with van der Waals surface area (Å²) >= 11 is 1.34. The van der Waals surface area contributed by atoms with Crippen LogP contribution in [-0.4, -0.2) is 37.9 Å². The minimum atomic E-state index is -3.50. The molecule has 29 heavy (non-hydrogen) atoms. The first-order valence-electron chi connectivity index (χ1n) is 9.26. The van der Waals surface area contributed by atoms with Crippen molar-refractivity contribution in [2.45, 2.75) is 20.4 Å². The van der Waals surface area contributed by atoms with Crippen LogP contribution in [0, 0.1) is 5.92 Å². The quantitative estimate of drug-likeness (QED) is 0.539. The Kier molecular flexibility index (Phi) is 6.54. The predicted molar refractivity (Wildman–Crippen MR) is 117 cm³/mol. The molecule has 1 aromatic heterocycles. The molecule has 0 aliphatic rings. The van der Waals surface area contributed by atoms with Crippen LogP contribution in [0.4, 0.5) is 5.13 Å². The van der Waals surface area contributed by atoms with E-state index >= 15 is 0 Å². The number of ether oxygens (including phenoxy) is 1. The summed E-state index contributed by atoms with van der Waals surface area (Å²) in [6.45, 7) is 3.91.